The molecule has 0 saturated heterocycles. The second-order valence-electron chi connectivity index (χ2n) is 16.5. The van der Waals surface area contributed by atoms with E-state index in [-0.39, 0.29) is 12.8 Å². The van der Waals surface area contributed by atoms with Crippen LogP contribution in [0.2, 0.25) is 0 Å². The summed E-state index contributed by atoms with van der Waals surface area (Å²) in [6.45, 7) is 3.04. The van der Waals surface area contributed by atoms with E-state index < -0.39 is 83.5 Å². The molecule has 0 radical (unpaired) electrons. The van der Waals surface area contributed by atoms with Crippen molar-refractivity contribution in [3.05, 3.63) is 48.6 Å². The molecule has 0 bridgehead atoms. The fraction of sp³-hybridized carbons (Fsp3) is 0.783. The molecule has 18 heteroatoms. The van der Waals surface area contributed by atoms with Gasteiger partial charge >= 0.3 is 27.6 Å². The molecular weight excluding hydrogens is 870 g/mol. The van der Waals surface area contributed by atoms with Gasteiger partial charge in [0, 0.05) is 12.8 Å². The van der Waals surface area contributed by atoms with Gasteiger partial charge in [0.2, 0.25) is 0 Å². The quantitative estimate of drug-likeness (QED) is 0.0131. The number of esters is 2. The van der Waals surface area contributed by atoms with Gasteiger partial charge in [-0.15, -0.1) is 0 Å². The van der Waals surface area contributed by atoms with Gasteiger partial charge in [0.15, 0.2) is 6.10 Å². The lowest BCUT2D eigenvalue weighted by Gasteiger charge is -2.43. The van der Waals surface area contributed by atoms with Crippen molar-refractivity contribution >= 4 is 27.6 Å². The third-order valence-corrected chi connectivity index (χ3v) is 12.2. The monoisotopic (exact) mass is 953 g/mol. The van der Waals surface area contributed by atoms with Crippen LogP contribution in [0, 0.1) is 0 Å². The number of hydrogen-bond donors (Lipinski definition) is 7. The number of phosphoric acid groups is 2. The Labute approximate surface area is 382 Å². The highest BCUT2D eigenvalue weighted by Gasteiger charge is 2.54. The Hall–Kier alpha value is -2.04. The number of carbonyl (C=O) groups is 2. The molecule has 1 fully saturated rings. The van der Waals surface area contributed by atoms with E-state index >= 15 is 0 Å². The number of rotatable bonds is 39. The topological polar surface area (TPSA) is 256 Å². The summed E-state index contributed by atoms with van der Waals surface area (Å²) < 4.78 is 49.3. The Kier molecular flexibility index (Phi) is 34.7. The highest BCUT2D eigenvalue weighted by molar-refractivity contribution is 7.47. The molecule has 1 rings (SSSR count). The minimum absolute atomic E-state index is 0.0313. The number of aliphatic hydroxyl groups is 4. The Balaban J connectivity index is 2.64. The minimum Gasteiger partial charge on any atom is -0.462 e. The lowest BCUT2D eigenvalue weighted by Crippen LogP contribution is -2.64. The number of ether oxygens (including phenoxy) is 2. The van der Waals surface area contributed by atoms with Crippen LogP contribution in [0.4, 0.5) is 0 Å². The average molecular weight is 953 g/mol. The molecule has 0 amide bonds. The second-order valence-corrected chi connectivity index (χ2v) is 19.1. The van der Waals surface area contributed by atoms with Crippen LogP contribution in [-0.2, 0) is 41.8 Å². The summed E-state index contributed by atoms with van der Waals surface area (Å²) >= 11 is 0. The van der Waals surface area contributed by atoms with E-state index in [0.717, 1.165) is 51.4 Å². The molecule has 0 aromatic rings. The van der Waals surface area contributed by atoms with Crippen molar-refractivity contribution in [2.45, 2.75) is 217 Å². The first kappa shape index (κ1) is 60.0. The summed E-state index contributed by atoms with van der Waals surface area (Å²) in [6, 6.07) is 0. The van der Waals surface area contributed by atoms with Crippen molar-refractivity contribution in [1.82, 2.24) is 0 Å². The van der Waals surface area contributed by atoms with Gasteiger partial charge in [0.05, 0.1) is 6.61 Å². The summed E-state index contributed by atoms with van der Waals surface area (Å²) in [6.07, 6.45) is 26.5. The summed E-state index contributed by atoms with van der Waals surface area (Å²) in [5.41, 5.74) is 0. The highest BCUT2D eigenvalue weighted by atomic mass is 31.2. The largest absolute Gasteiger partial charge is 0.472 e. The molecule has 0 aliphatic heterocycles. The molecule has 1 aliphatic rings. The fourth-order valence-electron chi connectivity index (χ4n) is 6.96. The first-order chi connectivity index (χ1) is 30.6. The van der Waals surface area contributed by atoms with Crippen LogP contribution in [0.3, 0.4) is 0 Å². The molecule has 0 aromatic carbocycles. The Bertz CT molecular complexity index is 1430. The van der Waals surface area contributed by atoms with E-state index in [0.29, 0.717) is 19.3 Å². The van der Waals surface area contributed by atoms with E-state index in [9.17, 15) is 44.0 Å². The molecule has 372 valence electrons. The summed E-state index contributed by atoms with van der Waals surface area (Å²) in [5.74, 6) is -1.27. The predicted octanol–water partition coefficient (Wildman–Crippen LogP) is 8.90. The van der Waals surface area contributed by atoms with Crippen LogP contribution in [0.15, 0.2) is 48.6 Å². The van der Waals surface area contributed by atoms with Gasteiger partial charge in [-0.05, 0) is 51.4 Å². The van der Waals surface area contributed by atoms with Gasteiger partial charge in [-0.3, -0.25) is 23.2 Å². The SMILES string of the molecule is CCCCC/C=C\C/C=C\C/C=C\C/C=C\CCCC(=O)O[C@H](COC(=O)CCCCCCCCCCCCCCCC)COP(=O)(O)O[C@H]1C(O)C(O)C(O)[C@@H](OP(=O)(O)O)C1O. The van der Waals surface area contributed by atoms with E-state index in [1.165, 1.54) is 77.0 Å². The summed E-state index contributed by atoms with van der Waals surface area (Å²) in [4.78, 5) is 54.2. The van der Waals surface area contributed by atoms with Gasteiger partial charge < -0.3 is 44.6 Å². The molecule has 8 atom stereocenters. The van der Waals surface area contributed by atoms with Gasteiger partial charge in [-0.25, -0.2) is 9.13 Å². The molecular formula is C46H82O16P2. The van der Waals surface area contributed by atoms with Gasteiger partial charge in [0.25, 0.3) is 0 Å². The fourth-order valence-corrected chi connectivity index (χ4v) is 8.50. The van der Waals surface area contributed by atoms with Crippen molar-refractivity contribution in [1.29, 1.82) is 0 Å². The maximum absolute atomic E-state index is 13.0. The predicted molar refractivity (Wildman–Crippen MR) is 246 cm³/mol. The normalized spacial score (nSPS) is 22.2. The standard InChI is InChI=1S/C46H82O16P2/c1-3-5-7-9-11-13-15-17-19-20-21-23-25-27-29-31-33-35-40(48)60-38(36-58-39(47)34-32-30-28-26-24-22-18-16-14-12-10-8-6-4-2)37-59-64(56,57)62-46-43(51)41(49)42(50)45(44(46)52)61-63(53,54)55/h11,13,17,19,21,23,27,29,38,41-46,49-52H,3-10,12,14-16,18,20,22,24-26,28,30-37H2,1-2H3,(H,56,57)(H2,53,54,55)/b13-11-,19-17-,23-21-,29-27-/t38-,41?,42?,43?,44?,45-,46+/m1/s1. The zero-order valence-corrected chi connectivity index (χ0v) is 40.2. The van der Waals surface area contributed by atoms with E-state index in [1.807, 2.05) is 12.2 Å². The zero-order chi connectivity index (χ0) is 47.5. The maximum atomic E-state index is 13.0. The van der Waals surface area contributed by atoms with Crippen molar-refractivity contribution in [3.8, 4) is 0 Å². The summed E-state index contributed by atoms with van der Waals surface area (Å²) in [5, 5.41) is 41.2. The van der Waals surface area contributed by atoms with Crippen molar-refractivity contribution in [2.24, 2.45) is 0 Å². The third kappa shape index (κ3) is 31.0. The van der Waals surface area contributed by atoms with Crippen LogP contribution in [0.1, 0.15) is 174 Å². The van der Waals surface area contributed by atoms with Crippen LogP contribution >= 0.6 is 15.6 Å². The maximum Gasteiger partial charge on any atom is 0.472 e. The van der Waals surface area contributed by atoms with Gasteiger partial charge in [0.1, 0.15) is 43.2 Å². The van der Waals surface area contributed by atoms with Crippen LogP contribution < -0.4 is 0 Å². The number of unbranched alkanes of at least 4 members (excludes halogenated alkanes) is 17. The van der Waals surface area contributed by atoms with Gasteiger partial charge in [-0.2, -0.15) is 0 Å². The van der Waals surface area contributed by atoms with E-state index in [1.54, 1.807) is 0 Å². The summed E-state index contributed by atoms with van der Waals surface area (Å²) in [7, 11) is -10.7. The molecule has 5 unspecified atom stereocenters. The second kappa shape index (κ2) is 37.0. The number of allylic oxidation sites excluding steroid dienone is 8. The Morgan fingerprint density at radius 2 is 0.922 bits per heavy atom. The first-order valence-electron chi connectivity index (χ1n) is 23.7. The van der Waals surface area contributed by atoms with Crippen LogP contribution in [-0.4, -0.2) is 103 Å². The molecule has 1 saturated carbocycles. The van der Waals surface area contributed by atoms with Crippen LogP contribution in [0.25, 0.3) is 0 Å². The average Bonchev–Trinajstić information content (AvgIpc) is 3.25. The number of phosphoric ester groups is 2. The Morgan fingerprint density at radius 3 is 1.42 bits per heavy atom. The first-order valence-corrected chi connectivity index (χ1v) is 26.7. The lowest BCUT2D eigenvalue weighted by atomic mass is 9.85. The Morgan fingerprint density at radius 1 is 0.500 bits per heavy atom. The molecule has 0 heterocycles. The number of carbonyl (C=O) groups excluding carboxylic acids is 2. The van der Waals surface area contributed by atoms with E-state index in [4.69, 9.17) is 28.3 Å². The molecule has 1 aliphatic carbocycles. The minimum atomic E-state index is -5.37. The number of aliphatic hydroxyl groups excluding tert-OH is 4. The molecule has 64 heavy (non-hydrogen) atoms. The zero-order valence-electron chi connectivity index (χ0n) is 38.5. The van der Waals surface area contributed by atoms with E-state index in [2.05, 4.69) is 54.8 Å². The molecule has 0 aromatic heterocycles. The molecule has 16 nitrogen and oxygen atoms in total. The van der Waals surface area contributed by atoms with Crippen molar-refractivity contribution in [2.75, 3.05) is 13.2 Å². The highest BCUT2D eigenvalue weighted by Crippen LogP contribution is 2.49. The van der Waals surface area contributed by atoms with Crippen molar-refractivity contribution < 1.29 is 76.9 Å². The molecule has 0 spiro atoms. The third-order valence-electron chi connectivity index (χ3n) is 10.7. The number of hydrogen-bond acceptors (Lipinski definition) is 13. The van der Waals surface area contributed by atoms with Crippen molar-refractivity contribution in [3.63, 3.8) is 0 Å². The van der Waals surface area contributed by atoms with Crippen LogP contribution in [0.5, 0.6) is 0 Å². The lowest BCUT2D eigenvalue weighted by molar-refractivity contribution is -0.216. The smallest absolute Gasteiger partial charge is 0.462 e. The molecule has 7 N–H and O–H groups in total. The van der Waals surface area contributed by atoms with Gasteiger partial charge in [-0.1, -0.05) is 159 Å².